The van der Waals surface area contributed by atoms with E-state index in [0.717, 1.165) is 17.1 Å². The Labute approximate surface area is 245 Å². The number of hydrogen-bond donors (Lipinski definition) is 0. The van der Waals surface area contributed by atoms with Crippen LogP contribution in [-0.2, 0) is 27.5 Å². The maximum absolute atomic E-state index is 6.17. The van der Waals surface area contributed by atoms with Gasteiger partial charge < -0.3 is 23.9 Å². The van der Waals surface area contributed by atoms with Crippen LogP contribution in [0.5, 0.6) is 23.3 Å². The van der Waals surface area contributed by atoms with Gasteiger partial charge in [-0.25, -0.2) is 9.97 Å². The number of imidazole rings is 1. The third kappa shape index (κ3) is 6.07. The fourth-order valence-corrected chi connectivity index (χ4v) is 4.03. The second-order valence-electron chi connectivity index (χ2n) is 8.46. The summed E-state index contributed by atoms with van der Waals surface area (Å²) in [4.78, 5) is 19.3. The van der Waals surface area contributed by atoms with E-state index in [1.54, 1.807) is 18.5 Å². The molecule has 198 valence electrons. The van der Waals surface area contributed by atoms with Crippen LogP contribution in [0.3, 0.4) is 0 Å². The number of para-hydroxylation sites is 2. The van der Waals surface area contributed by atoms with Gasteiger partial charge in [0.15, 0.2) is 0 Å². The van der Waals surface area contributed by atoms with Gasteiger partial charge in [0.1, 0.15) is 12.2 Å². The third-order valence-corrected chi connectivity index (χ3v) is 5.77. The standard InChI is InChI=1S/C31H22N6O2.Pd/c1-36-17-16-33-31(36)28-21-30(35-22-34-28)39-27-19-25(18-26(20-27)38-29-14-8-9-15-32-29)37(23-10-4-2-5-11-23)24-12-6-3-7-13-24;/h2-19,22H,1H3;/q-2;+2. The quantitative estimate of drug-likeness (QED) is 0.136. The largest absolute Gasteiger partial charge is 2.00 e. The van der Waals surface area contributed by atoms with E-state index in [4.69, 9.17) is 9.47 Å². The Hall–Kier alpha value is -4.84. The van der Waals surface area contributed by atoms with Crippen molar-refractivity contribution in [2.45, 2.75) is 0 Å². The van der Waals surface area contributed by atoms with Gasteiger partial charge in [0.25, 0.3) is 0 Å². The molecule has 3 aromatic carbocycles. The molecular weight excluding hydrogens is 595 g/mol. The maximum Gasteiger partial charge on any atom is 2.00 e. The molecule has 0 amide bonds. The Kier molecular flexibility index (Phi) is 8.26. The number of pyridine rings is 1. The summed E-state index contributed by atoms with van der Waals surface area (Å²) >= 11 is 0. The second-order valence-corrected chi connectivity index (χ2v) is 8.46. The Bertz CT molecular complexity index is 1640. The van der Waals surface area contributed by atoms with E-state index in [2.05, 4.69) is 37.0 Å². The molecule has 6 aromatic rings. The van der Waals surface area contributed by atoms with Gasteiger partial charge in [-0.15, -0.1) is 12.1 Å². The molecule has 6 rings (SSSR count). The number of aryl methyl sites for hydroxylation is 1. The molecule has 0 unspecified atom stereocenters. The van der Waals surface area contributed by atoms with Crippen LogP contribution < -0.4 is 14.4 Å². The van der Waals surface area contributed by atoms with Crippen molar-refractivity contribution >= 4 is 17.1 Å². The van der Waals surface area contributed by atoms with Gasteiger partial charge >= 0.3 is 20.4 Å². The van der Waals surface area contributed by atoms with Crippen molar-refractivity contribution in [1.29, 1.82) is 0 Å². The fourth-order valence-electron chi connectivity index (χ4n) is 4.03. The minimum Gasteiger partial charge on any atom is -0.484 e. The molecule has 0 radical (unpaired) electrons. The molecule has 0 aliphatic rings. The first kappa shape index (κ1) is 26.8. The molecule has 0 spiro atoms. The van der Waals surface area contributed by atoms with Gasteiger partial charge in [-0.2, -0.15) is 6.07 Å². The van der Waals surface area contributed by atoms with E-state index in [1.165, 1.54) is 6.33 Å². The van der Waals surface area contributed by atoms with Crippen LogP contribution in [0.2, 0.25) is 0 Å². The zero-order valence-corrected chi connectivity index (χ0v) is 22.8. The van der Waals surface area contributed by atoms with Crippen molar-refractivity contribution in [3.63, 3.8) is 0 Å². The molecule has 0 saturated carbocycles. The summed E-state index contributed by atoms with van der Waals surface area (Å²) in [7, 11) is 1.89. The SMILES string of the molecule is Cn1ccnc1-c1[c-]c(Oc2[c-]c(Oc3ccccn3)cc(N(c3ccccc3)c3ccccc3)c2)ncn1.[Pd+2]. The number of benzene rings is 3. The van der Waals surface area contributed by atoms with Crippen molar-refractivity contribution < 1.29 is 29.9 Å². The Balaban J connectivity index is 0.00000323. The van der Waals surface area contributed by atoms with Gasteiger partial charge in [0, 0.05) is 53.4 Å². The van der Waals surface area contributed by atoms with Gasteiger partial charge in [-0.1, -0.05) is 59.9 Å². The molecule has 0 fully saturated rings. The topological polar surface area (TPSA) is 78.2 Å². The van der Waals surface area contributed by atoms with E-state index in [0.29, 0.717) is 28.9 Å². The van der Waals surface area contributed by atoms with E-state index < -0.39 is 0 Å². The van der Waals surface area contributed by atoms with Crippen LogP contribution in [0.1, 0.15) is 0 Å². The van der Waals surface area contributed by atoms with E-state index in [-0.39, 0.29) is 26.3 Å². The van der Waals surface area contributed by atoms with Gasteiger partial charge in [0.05, 0.1) is 0 Å². The van der Waals surface area contributed by atoms with E-state index in [9.17, 15) is 0 Å². The summed E-state index contributed by atoms with van der Waals surface area (Å²) in [5.41, 5.74) is 3.25. The smallest absolute Gasteiger partial charge is 0.484 e. The van der Waals surface area contributed by atoms with Crippen molar-refractivity contribution in [3.8, 4) is 34.8 Å². The zero-order valence-electron chi connectivity index (χ0n) is 21.3. The third-order valence-electron chi connectivity index (χ3n) is 5.77. The molecule has 0 saturated heterocycles. The molecule has 0 bridgehead atoms. The summed E-state index contributed by atoms with van der Waals surface area (Å²) < 4.78 is 14.1. The Morgan fingerprint density at radius 3 is 1.98 bits per heavy atom. The second kappa shape index (κ2) is 12.3. The van der Waals surface area contributed by atoms with Crippen LogP contribution in [0.4, 0.5) is 17.1 Å². The number of anilines is 3. The van der Waals surface area contributed by atoms with Gasteiger partial charge in [-0.3, -0.25) is 4.98 Å². The molecule has 0 atom stereocenters. The summed E-state index contributed by atoms with van der Waals surface area (Å²) in [6, 6.07) is 35.7. The van der Waals surface area contributed by atoms with Crippen LogP contribution >= 0.6 is 0 Å². The van der Waals surface area contributed by atoms with Crippen LogP contribution in [0, 0.1) is 12.1 Å². The Morgan fingerprint density at radius 2 is 1.35 bits per heavy atom. The number of nitrogens with zero attached hydrogens (tertiary/aromatic N) is 6. The van der Waals surface area contributed by atoms with Crippen molar-refractivity contribution in [2.24, 2.45) is 7.05 Å². The van der Waals surface area contributed by atoms with Gasteiger partial charge in [0.2, 0.25) is 5.88 Å². The molecule has 40 heavy (non-hydrogen) atoms. The number of hydrogen-bond acceptors (Lipinski definition) is 7. The Morgan fingerprint density at radius 1 is 0.675 bits per heavy atom. The first-order valence-electron chi connectivity index (χ1n) is 12.2. The predicted molar refractivity (Wildman–Crippen MR) is 147 cm³/mol. The molecule has 0 aliphatic carbocycles. The molecule has 3 heterocycles. The number of ether oxygens (including phenoxy) is 2. The predicted octanol–water partition coefficient (Wildman–Crippen LogP) is 6.92. The normalized spacial score (nSPS) is 10.4. The van der Waals surface area contributed by atoms with E-state index in [1.807, 2.05) is 103 Å². The summed E-state index contributed by atoms with van der Waals surface area (Å²) in [5, 5.41) is 0. The van der Waals surface area contributed by atoms with Crippen LogP contribution in [-0.4, -0.2) is 24.5 Å². The average Bonchev–Trinajstić information content (AvgIpc) is 3.41. The average molecular weight is 617 g/mol. The molecule has 9 heteroatoms. The van der Waals surface area contributed by atoms with Gasteiger partial charge in [-0.05, 0) is 37.4 Å². The minimum absolute atomic E-state index is 0. The van der Waals surface area contributed by atoms with Crippen LogP contribution in [0.15, 0.2) is 116 Å². The monoisotopic (exact) mass is 616 g/mol. The first-order chi connectivity index (χ1) is 19.2. The zero-order chi connectivity index (χ0) is 26.4. The maximum atomic E-state index is 6.17. The van der Waals surface area contributed by atoms with Crippen molar-refractivity contribution in [1.82, 2.24) is 24.5 Å². The van der Waals surface area contributed by atoms with Crippen molar-refractivity contribution in [3.05, 3.63) is 128 Å². The molecule has 0 N–H and O–H groups in total. The minimum atomic E-state index is 0. The van der Waals surface area contributed by atoms with Crippen molar-refractivity contribution in [2.75, 3.05) is 4.90 Å². The molecular formula is C31H22N6O2Pd. The molecule has 8 nitrogen and oxygen atoms in total. The number of aromatic nitrogens is 5. The number of rotatable bonds is 8. The first-order valence-corrected chi connectivity index (χ1v) is 12.2. The summed E-state index contributed by atoms with van der Waals surface area (Å²) in [5.74, 6) is 2.13. The molecule has 3 aromatic heterocycles. The van der Waals surface area contributed by atoms with Crippen LogP contribution in [0.25, 0.3) is 11.5 Å². The summed E-state index contributed by atoms with van der Waals surface area (Å²) in [6.07, 6.45) is 6.63. The fraction of sp³-hybridized carbons (Fsp3) is 0.0323. The summed E-state index contributed by atoms with van der Waals surface area (Å²) in [6.45, 7) is 0. The molecule has 0 aliphatic heterocycles. The van der Waals surface area contributed by atoms with E-state index >= 15 is 0 Å².